The van der Waals surface area contributed by atoms with Crippen LogP contribution in [-0.2, 0) is 0 Å². The molecule has 1 aromatic rings. The van der Waals surface area contributed by atoms with Crippen molar-refractivity contribution < 1.29 is 19.6 Å². The molecule has 0 heterocycles. The lowest BCUT2D eigenvalue weighted by molar-refractivity contribution is -0.385. The van der Waals surface area contributed by atoms with Crippen LogP contribution >= 0.6 is 15.9 Å². The third kappa shape index (κ3) is 2.07. The topological polar surface area (TPSA) is 89.7 Å². The summed E-state index contributed by atoms with van der Waals surface area (Å²) in [6.45, 7) is 0. The van der Waals surface area contributed by atoms with Gasteiger partial charge in [-0.15, -0.1) is 0 Å². The fourth-order valence-corrected chi connectivity index (χ4v) is 1.70. The van der Waals surface area contributed by atoms with Gasteiger partial charge in [-0.25, -0.2) is 4.79 Å². The van der Waals surface area contributed by atoms with E-state index >= 15 is 0 Å². The molecule has 0 aliphatic carbocycles. The third-order valence-electron chi connectivity index (χ3n) is 1.71. The number of nitro groups is 1. The summed E-state index contributed by atoms with van der Waals surface area (Å²) in [7, 11) is 1.29. The van der Waals surface area contributed by atoms with Crippen molar-refractivity contribution in [1.29, 1.82) is 0 Å². The summed E-state index contributed by atoms with van der Waals surface area (Å²) in [6.07, 6.45) is 0. The highest BCUT2D eigenvalue weighted by atomic mass is 79.9. The van der Waals surface area contributed by atoms with E-state index in [0.717, 1.165) is 0 Å². The highest BCUT2D eigenvalue weighted by Crippen LogP contribution is 2.34. The van der Waals surface area contributed by atoms with Crippen LogP contribution in [0.1, 0.15) is 10.4 Å². The fourth-order valence-electron chi connectivity index (χ4n) is 1.06. The van der Waals surface area contributed by atoms with Gasteiger partial charge in [0.15, 0.2) is 0 Å². The van der Waals surface area contributed by atoms with Gasteiger partial charge < -0.3 is 9.84 Å². The van der Waals surface area contributed by atoms with E-state index in [1.165, 1.54) is 19.2 Å². The van der Waals surface area contributed by atoms with Crippen molar-refractivity contribution in [2.24, 2.45) is 0 Å². The number of nitrogens with zero attached hydrogens (tertiary/aromatic N) is 1. The number of nitro benzene ring substituents is 1. The Morgan fingerprint density at radius 3 is 2.60 bits per heavy atom. The molecule has 0 amide bonds. The van der Waals surface area contributed by atoms with Crippen molar-refractivity contribution in [3.05, 3.63) is 32.3 Å². The van der Waals surface area contributed by atoms with Gasteiger partial charge in [0.1, 0.15) is 15.8 Å². The molecule has 0 bridgehead atoms. The molecule has 15 heavy (non-hydrogen) atoms. The molecule has 1 N–H and O–H groups in total. The number of methoxy groups -OCH3 is 1. The van der Waals surface area contributed by atoms with Crippen LogP contribution in [0.2, 0.25) is 0 Å². The summed E-state index contributed by atoms with van der Waals surface area (Å²) in [5, 5.41) is 19.4. The number of carbonyl (C=O) groups is 1. The van der Waals surface area contributed by atoms with Gasteiger partial charge in [0.2, 0.25) is 0 Å². The summed E-state index contributed by atoms with van der Waals surface area (Å²) < 4.78 is 4.69. The first kappa shape index (κ1) is 11.4. The van der Waals surface area contributed by atoms with E-state index in [0.29, 0.717) is 0 Å². The molecule has 1 rings (SSSR count). The standard InChI is InChI=1S/C8H6BrNO5/c1-15-5-3-2-4(10(13)14)7(9)6(5)8(11)12/h2-3H,1H3,(H,11,12). The van der Waals surface area contributed by atoms with Crippen molar-refractivity contribution in [1.82, 2.24) is 0 Å². The third-order valence-corrected chi connectivity index (χ3v) is 2.52. The van der Waals surface area contributed by atoms with Gasteiger partial charge in [0.05, 0.1) is 12.0 Å². The molecule has 1 aromatic carbocycles. The molecule has 0 saturated heterocycles. The minimum absolute atomic E-state index is 0.0694. The predicted molar refractivity (Wildman–Crippen MR) is 54.3 cm³/mol. The van der Waals surface area contributed by atoms with Gasteiger partial charge in [-0.1, -0.05) is 0 Å². The number of ether oxygens (including phenoxy) is 1. The Morgan fingerprint density at radius 1 is 1.60 bits per heavy atom. The van der Waals surface area contributed by atoms with E-state index in [1.54, 1.807) is 0 Å². The lowest BCUT2D eigenvalue weighted by Gasteiger charge is -2.06. The monoisotopic (exact) mass is 275 g/mol. The number of hydrogen-bond donors (Lipinski definition) is 1. The zero-order valence-electron chi connectivity index (χ0n) is 7.56. The van der Waals surface area contributed by atoms with Gasteiger partial charge >= 0.3 is 5.97 Å². The van der Waals surface area contributed by atoms with Crippen LogP contribution in [0.15, 0.2) is 16.6 Å². The predicted octanol–water partition coefficient (Wildman–Crippen LogP) is 2.06. The normalized spacial score (nSPS) is 9.73. The molecule has 0 saturated carbocycles. The second-order valence-corrected chi connectivity index (χ2v) is 3.33. The largest absolute Gasteiger partial charge is 0.496 e. The minimum atomic E-state index is -1.29. The highest BCUT2D eigenvalue weighted by molar-refractivity contribution is 9.10. The average molecular weight is 276 g/mol. The molecular formula is C8H6BrNO5. The summed E-state index contributed by atoms with van der Waals surface area (Å²) in [5.74, 6) is -1.22. The molecule has 0 aliphatic heterocycles. The molecule has 0 fully saturated rings. The maximum Gasteiger partial charge on any atom is 0.340 e. The SMILES string of the molecule is COc1ccc([N+](=O)[O-])c(Br)c1C(=O)O. The van der Waals surface area contributed by atoms with Crippen LogP contribution in [-0.4, -0.2) is 23.1 Å². The summed E-state index contributed by atoms with van der Waals surface area (Å²) in [6, 6.07) is 2.42. The van der Waals surface area contributed by atoms with Crippen LogP contribution in [0.4, 0.5) is 5.69 Å². The van der Waals surface area contributed by atoms with Crippen molar-refractivity contribution in [3.63, 3.8) is 0 Å². The van der Waals surface area contributed by atoms with Gasteiger partial charge in [-0.05, 0) is 22.0 Å². The zero-order chi connectivity index (χ0) is 11.6. The first-order valence-electron chi connectivity index (χ1n) is 3.73. The lowest BCUT2D eigenvalue weighted by atomic mass is 10.2. The van der Waals surface area contributed by atoms with Crippen molar-refractivity contribution in [2.45, 2.75) is 0 Å². The van der Waals surface area contributed by atoms with E-state index in [9.17, 15) is 14.9 Å². The summed E-state index contributed by atoms with van der Waals surface area (Å²) in [5.41, 5.74) is -0.570. The van der Waals surface area contributed by atoms with Gasteiger partial charge in [-0.2, -0.15) is 0 Å². The van der Waals surface area contributed by atoms with E-state index in [1.807, 2.05) is 0 Å². The van der Waals surface area contributed by atoms with Crippen molar-refractivity contribution in [3.8, 4) is 5.75 Å². The molecule has 0 atom stereocenters. The Hall–Kier alpha value is -1.63. The Morgan fingerprint density at radius 2 is 2.20 bits per heavy atom. The van der Waals surface area contributed by atoms with Crippen molar-refractivity contribution in [2.75, 3.05) is 7.11 Å². The zero-order valence-corrected chi connectivity index (χ0v) is 9.15. The van der Waals surface area contributed by atoms with Crippen LogP contribution in [0.3, 0.4) is 0 Å². The number of hydrogen-bond acceptors (Lipinski definition) is 4. The van der Waals surface area contributed by atoms with E-state index in [-0.39, 0.29) is 21.5 Å². The number of benzene rings is 1. The maximum atomic E-state index is 10.8. The molecule has 0 radical (unpaired) electrons. The molecule has 0 unspecified atom stereocenters. The van der Waals surface area contributed by atoms with E-state index in [2.05, 4.69) is 15.9 Å². The summed E-state index contributed by atoms with van der Waals surface area (Å²) in [4.78, 5) is 20.7. The van der Waals surface area contributed by atoms with E-state index in [4.69, 9.17) is 9.84 Å². The molecular weight excluding hydrogens is 270 g/mol. The number of aromatic carboxylic acids is 1. The quantitative estimate of drug-likeness (QED) is 0.674. The fraction of sp³-hybridized carbons (Fsp3) is 0.125. The van der Waals surface area contributed by atoms with Crippen molar-refractivity contribution >= 4 is 27.6 Å². The Kier molecular flexibility index (Phi) is 3.25. The lowest BCUT2D eigenvalue weighted by Crippen LogP contribution is -2.03. The first-order chi connectivity index (χ1) is 6.99. The molecule has 0 aromatic heterocycles. The molecule has 80 valence electrons. The smallest absolute Gasteiger partial charge is 0.340 e. The van der Waals surface area contributed by atoms with Gasteiger partial charge in [-0.3, -0.25) is 10.1 Å². The van der Waals surface area contributed by atoms with Crippen LogP contribution in [0.5, 0.6) is 5.75 Å². The van der Waals surface area contributed by atoms with Gasteiger partial charge in [0, 0.05) is 6.07 Å². The minimum Gasteiger partial charge on any atom is -0.496 e. The first-order valence-corrected chi connectivity index (χ1v) is 4.52. The molecule has 0 aliphatic rings. The van der Waals surface area contributed by atoms with Crippen LogP contribution < -0.4 is 4.74 Å². The average Bonchev–Trinajstić information content (AvgIpc) is 2.15. The summed E-state index contributed by atoms with van der Waals surface area (Å²) >= 11 is 2.87. The second-order valence-electron chi connectivity index (χ2n) is 2.54. The Balaban J connectivity index is 3.49. The second kappa shape index (κ2) is 4.26. The molecule has 7 heteroatoms. The molecule has 0 spiro atoms. The number of carboxylic acid groups (broad SMARTS) is 1. The van der Waals surface area contributed by atoms with E-state index < -0.39 is 10.9 Å². The van der Waals surface area contributed by atoms with Crippen LogP contribution in [0, 0.1) is 10.1 Å². The number of halogens is 1. The number of carboxylic acids is 1. The van der Waals surface area contributed by atoms with Gasteiger partial charge in [0.25, 0.3) is 5.69 Å². The number of rotatable bonds is 3. The van der Waals surface area contributed by atoms with Crippen LogP contribution in [0.25, 0.3) is 0 Å². The Labute approximate surface area is 92.8 Å². The Bertz CT molecular complexity index is 431. The highest BCUT2D eigenvalue weighted by Gasteiger charge is 2.23. The molecule has 6 nitrogen and oxygen atoms in total. The maximum absolute atomic E-state index is 10.8.